The molecule has 0 aliphatic carbocycles. The number of hydrogen-bond acceptors (Lipinski definition) is 3. The molecule has 0 aromatic heterocycles. The van der Waals surface area contributed by atoms with E-state index in [9.17, 15) is 0 Å². The number of unbranched alkanes of at least 4 members (excludes halogenated alkanes) is 18. The summed E-state index contributed by atoms with van der Waals surface area (Å²) in [4.78, 5) is 2.33. The second kappa shape index (κ2) is 32.4. The minimum atomic E-state index is 0. The molecule has 0 saturated heterocycles. The SMILES string of the molecule is Br.CCCCCCCCCCCCOCCN(C)CCOCCCCCCCCCCCC. The van der Waals surface area contributed by atoms with E-state index in [1.165, 1.54) is 128 Å². The molecule has 0 aromatic rings. The summed E-state index contributed by atoms with van der Waals surface area (Å²) >= 11 is 0. The Hall–Kier alpha value is 0.360. The third-order valence-electron chi connectivity index (χ3n) is 6.52. The van der Waals surface area contributed by atoms with Crippen LogP contribution in [0.15, 0.2) is 0 Å². The highest BCUT2D eigenvalue weighted by atomic mass is 79.9. The minimum absolute atomic E-state index is 0. The summed E-state index contributed by atoms with van der Waals surface area (Å²) in [7, 11) is 2.17. The third kappa shape index (κ3) is 32.4. The van der Waals surface area contributed by atoms with Gasteiger partial charge in [-0.3, -0.25) is 0 Å². The molecule has 4 heteroatoms. The molecular weight excluding hydrogens is 474 g/mol. The van der Waals surface area contributed by atoms with Crippen molar-refractivity contribution in [2.24, 2.45) is 0 Å². The van der Waals surface area contributed by atoms with Gasteiger partial charge in [0.2, 0.25) is 0 Å². The molecule has 0 saturated carbocycles. The van der Waals surface area contributed by atoms with Crippen LogP contribution in [-0.4, -0.2) is 51.5 Å². The fourth-order valence-electron chi connectivity index (χ4n) is 4.14. The average molecular weight is 537 g/mol. The number of rotatable bonds is 28. The standard InChI is InChI=1S/C29H61NO2.BrH/c1-4-6-8-10-12-14-16-18-20-22-26-31-28-24-30(3)25-29-32-27-23-21-19-17-15-13-11-9-7-5-2;/h4-29H2,1-3H3;1H. The normalized spacial score (nSPS) is 11.3. The summed E-state index contributed by atoms with van der Waals surface area (Å²) in [6.07, 6.45) is 27.7. The lowest BCUT2D eigenvalue weighted by atomic mass is 10.1. The first kappa shape index (κ1) is 35.5. The Morgan fingerprint density at radius 2 is 0.667 bits per heavy atom. The zero-order valence-electron chi connectivity index (χ0n) is 23.1. The van der Waals surface area contributed by atoms with E-state index in [4.69, 9.17) is 9.47 Å². The Bertz CT molecular complexity index is 301. The van der Waals surface area contributed by atoms with Crippen LogP contribution in [0.1, 0.15) is 142 Å². The summed E-state index contributed by atoms with van der Waals surface area (Å²) in [5, 5.41) is 0. The van der Waals surface area contributed by atoms with Gasteiger partial charge in [-0.05, 0) is 19.9 Å². The van der Waals surface area contributed by atoms with Gasteiger partial charge in [-0.2, -0.15) is 0 Å². The van der Waals surface area contributed by atoms with E-state index in [-0.39, 0.29) is 17.0 Å². The van der Waals surface area contributed by atoms with Crippen molar-refractivity contribution in [3.63, 3.8) is 0 Å². The van der Waals surface area contributed by atoms with E-state index in [2.05, 4.69) is 25.8 Å². The second-order valence-corrected chi connectivity index (χ2v) is 9.89. The van der Waals surface area contributed by atoms with Gasteiger partial charge < -0.3 is 14.4 Å². The fourth-order valence-corrected chi connectivity index (χ4v) is 4.14. The Balaban J connectivity index is 0. The lowest BCUT2D eigenvalue weighted by molar-refractivity contribution is 0.0814. The maximum Gasteiger partial charge on any atom is 0.0593 e. The van der Waals surface area contributed by atoms with Crippen LogP contribution in [0, 0.1) is 0 Å². The average Bonchev–Trinajstić information content (AvgIpc) is 2.80. The van der Waals surface area contributed by atoms with Crippen LogP contribution in [0.5, 0.6) is 0 Å². The van der Waals surface area contributed by atoms with Crippen molar-refractivity contribution in [1.29, 1.82) is 0 Å². The van der Waals surface area contributed by atoms with Crippen LogP contribution >= 0.6 is 17.0 Å². The van der Waals surface area contributed by atoms with E-state index in [1.807, 2.05) is 0 Å². The molecule has 33 heavy (non-hydrogen) atoms. The predicted molar refractivity (Wildman–Crippen MR) is 153 cm³/mol. The molecule has 0 atom stereocenters. The predicted octanol–water partition coefficient (Wildman–Crippen LogP) is 9.37. The molecule has 0 aliphatic heterocycles. The number of likely N-dealkylation sites (N-methyl/N-ethyl adjacent to an activating group) is 1. The minimum Gasteiger partial charge on any atom is -0.380 e. The number of ether oxygens (including phenoxy) is 2. The molecule has 0 unspecified atom stereocenters. The van der Waals surface area contributed by atoms with Crippen molar-refractivity contribution >= 4 is 17.0 Å². The van der Waals surface area contributed by atoms with Crippen LogP contribution in [0.2, 0.25) is 0 Å². The van der Waals surface area contributed by atoms with Crippen molar-refractivity contribution < 1.29 is 9.47 Å². The molecule has 0 aliphatic rings. The van der Waals surface area contributed by atoms with E-state index < -0.39 is 0 Å². The van der Waals surface area contributed by atoms with Crippen LogP contribution in [0.3, 0.4) is 0 Å². The molecule has 0 N–H and O–H groups in total. The van der Waals surface area contributed by atoms with E-state index in [1.54, 1.807) is 0 Å². The van der Waals surface area contributed by atoms with Gasteiger partial charge in [0.25, 0.3) is 0 Å². The van der Waals surface area contributed by atoms with Crippen LogP contribution < -0.4 is 0 Å². The number of nitrogens with zero attached hydrogens (tertiary/aromatic N) is 1. The van der Waals surface area contributed by atoms with Crippen molar-refractivity contribution in [1.82, 2.24) is 4.90 Å². The molecule has 0 spiro atoms. The van der Waals surface area contributed by atoms with Gasteiger partial charge in [0, 0.05) is 26.3 Å². The smallest absolute Gasteiger partial charge is 0.0593 e. The summed E-state index contributed by atoms with van der Waals surface area (Å²) in [6, 6.07) is 0. The van der Waals surface area contributed by atoms with Gasteiger partial charge in [-0.25, -0.2) is 0 Å². The van der Waals surface area contributed by atoms with Crippen LogP contribution in [0.25, 0.3) is 0 Å². The first-order chi connectivity index (χ1) is 15.8. The summed E-state index contributed by atoms with van der Waals surface area (Å²) in [5.74, 6) is 0. The summed E-state index contributed by atoms with van der Waals surface area (Å²) in [6.45, 7) is 10.2. The first-order valence-corrected chi connectivity index (χ1v) is 14.6. The molecular formula is C29H62BrNO2. The van der Waals surface area contributed by atoms with Crippen LogP contribution in [-0.2, 0) is 9.47 Å². The van der Waals surface area contributed by atoms with Crippen molar-refractivity contribution in [3.8, 4) is 0 Å². The first-order valence-electron chi connectivity index (χ1n) is 14.6. The lowest BCUT2D eigenvalue weighted by Gasteiger charge is -2.16. The van der Waals surface area contributed by atoms with Crippen molar-refractivity contribution in [3.05, 3.63) is 0 Å². The van der Waals surface area contributed by atoms with Gasteiger partial charge in [0.1, 0.15) is 0 Å². The molecule has 0 rings (SSSR count). The van der Waals surface area contributed by atoms with Gasteiger partial charge in [0.05, 0.1) is 13.2 Å². The topological polar surface area (TPSA) is 21.7 Å². The van der Waals surface area contributed by atoms with Gasteiger partial charge in [-0.15, -0.1) is 17.0 Å². The van der Waals surface area contributed by atoms with E-state index >= 15 is 0 Å². The van der Waals surface area contributed by atoms with Gasteiger partial charge >= 0.3 is 0 Å². The molecule has 202 valence electrons. The Labute approximate surface area is 219 Å². The molecule has 0 radical (unpaired) electrons. The van der Waals surface area contributed by atoms with Crippen molar-refractivity contribution in [2.75, 3.05) is 46.6 Å². The zero-order valence-corrected chi connectivity index (χ0v) is 24.8. The Kier molecular flexibility index (Phi) is 34.8. The molecule has 0 fully saturated rings. The summed E-state index contributed by atoms with van der Waals surface area (Å²) < 4.78 is 11.6. The monoisotopic (exact) mass is 535 g/mol. The van der Waals surface area contributed by atoms with Gasteiger partial charge in [0.15, 0.2) is 0 Å². The maximum atomic E-state index is 5.81. The molecule has 0 heterocycles. The van der Waals surface area contributed by atoms with Crippen molar-refractivity contribution in [2.45, 2.75) is 142 Å². The molecule has 0 aromatic carbocycles. The highest BCUT2D eigenvalue weighted by molar-refractivity contribution is 8.93. The quantitative estimate of drug-likeness (QED) is 0.0930. The maximum absolute atomic E-state index is 5.81. The highest BCUT2D eigenvalue weighted by Crippen LogP contribution is 2.11. The van der Waals surface area contributed by atoms with E-state index in [0.29, 0.717) is 0 Å². The summed E-state index contributed by atoms with van der Waals surface area (Å²) in [5.41, 5.74) is 0. The second-order valence-electron chi connectivity index (χ2n) is 9.89. The fraction of sp³-hybridized carbons (Fsp3) is 1.00. The largest absolute Gasteiger partial charge is 0.380 e. The third-order valence-corrected chi connectivity index (χ3v) is 6.52. The molecule has 3 nitrogen and oxygen atoms in total. The Morgan fingerprint density at radius 1 is 0.394 bits per heavy atom. The number of hydrogen-bond donors (Lipinski definition) is 0. The lowest BCUT2D eigenvalue weighted by Crippen LogP contribution is -2.27. The molecule has 0 bridgehead atoms. The Morgan fingerprint density at radius 3 is 0.970 bits per heavy atom. The number of halogens is 1. The van der Waals surface area contributed by atoms with Gasteiger partial charge in [-0.1, -0.05) is 129 Å². The zero-order chi connectivity index (χ0) is 23.4. The molecule has 0 amide bonds. The van der Waals surface area contributed by atoms with E-state index in [0.717, 1.165) is 39.5 Å². The highest BCUT2D eigenvalue weighted by Gasteiger charge is 1.99. The van der Waals surface area contributed by atoms with Crippen LogP contribution in [0.4, 0.5) is 0 Å².